The van der Waals surface area contributed by atoms with Gasteiger partial charge in [0.1, 0.15) is 0 Å². The van der Waals surface area contributed by atoms with Gasteiger partial charge in [-0.3, -0.25) is 14.6 Å². The number of hydrogen-bond donors (Lipinski definition) is 2. The van der Waals surface area contributed by atoms with E-state index in [4.69, 9.17) is 0 Å². The first-order chi connectivity index (χ1) is 17.9. The van der Waals surface area contributed by atoms with Crippen molar-refractivity contribution in [2.45, 2.75) is 32.0 Å². The molecule has 0 unspecified atom stereocenters. The number of alkyl halides is 3. The molecule has 196 valence electrons. The van der Waals surface area contributed by atoms with E-state index in [2.05, 4.69) is 20.0 Å². The molecule has 2 aliphatic rings. The zero-order valence-corrected chi connectivity index (χ0v) is 20.5. The zero-order valence-electron chi connectivity index (χ0n) is 20.5. The van der Waals surface area contributed by atoms with Gasteiger partial charge in [0.05, 0.1) is 23.5 Å². The van der Waals surface area contributed by atoms with Gasteiger partial charge >= 0.3 is 12.1 Å². The summed E-state index contributed by atoms with van der Waals surface area (Å²) in [6.45, 7) is 2.80. The van der Waals surface area contributed by atoms with Gasteiger partial charge in [-0.1, -0.05) is 18.2 Å². The number of halogens is 3. The van der Waals surface area contributed by atoms with Crippen LogP contribution in [0.4, 0.5) is 18.9 Å². The summed E-state index contributed by atoms with van der Waals surface area (Å²) in [7, 11) is 0. The van der Waals surface area contributed by atoms with E-state index >= 15 is 0 Å². The second-order valence-corrected chi connectivity index (χ2v) is 9.53. The second-order valence-electron chi connectivity index (χ2n) is 9.53. The Morgan fingerprint density at radius 1 is 1.11 bits per heavy atom. The molecule has 8 nitrogen and oxygen atoms in total. The fourth-order valence-corrected chi connectivity index (χ4v) is 4.56. The SMILES string of the molecule is CC(C)(OC(=O)C(F)(F)F)C(=O)N1CC(c2cc(-c3cc4c([nH]3)CCNC4=O)ccn2)=Cc2ccccc21. The number of aromatic amines is 1. The van der Waals surface area contributed by atoms with Crippen LogP contribution in [-0.4, -0.2) is 52.6 Å². The molecule has 2 aromatic heterocycles. The molecular weight excluding hydrogens is 501 g/mol. The van der Waals surface area contributed by atoms with Crippen LogP contribution in [0.3, 0.4) is 0 Å². The van der Waals surface area contributed by atoms with Gasteiger partial charge < -0.3 is 19.9 Å². The first-order valence-corrected chi connectivity index (χ1v) is 11.8. The third kappa shape index (κ3) is 4.67. The maximum atomic E-state index is 13.4. The second kappa shape index (κ2) is 9.16. The Hall–Kier alpha value is -4.41. The normalized spacial score (nSPS) is 15.2. The molecule has 0 spiro atoms. The van der Waals surface area contributed by atoms with E-state index in [-0.39, 0.29) is 12.5 Å². The van der Waals surface area contributed by atoms with Gasteiger partial charge in [-0.05, 0) is 55.3 Å². The summed E-state index contributed by atoms with van der Waals surface area (Å²) in [5.41, 5.74) is 3.15. The van der Waals surface area contributed by atoms with Crippen molar-refractivity contribution in [3.63, 3.8) is 0 Å². The number of esters is 1. The highest BCUT2D eigenvalue weighted by molar-refractivity contribution is 6.07. The van der Waals surface area contributed by atoms with Gasteiger partial charge in [0.15, 0.2) is 5.60 Å². The summed E-state index contributed by atoms with van der Waals surface area (Å²) in [6.07, 6.45) is -1.09. The van der Waals surface area contributed by atoms with Crippen molar-refractivity contribution in [1.82, 2.24) is 15.3 Å². The van der Waals surface area contributed by atoms with Gasteiger partial charge in [0.25, 0.3) is 11.8 Å². The van der Waals surface area contributed by atoms with Crippen LogP contribution in [0.1, 0.15) is 41.2 Å². The predicted molar refractivity (Wildman–Crippen MR) is 133 cm³/mol. The number of carbonyl (C=O) groups is 3. The minimum absolute atomic E-state index is 0.0110. The monoisotopic (exact) mass is 524 g/mol. The molecule has 0 aliphatic carbocycles. The zero-order chi connectivity index (χ0) is 27.2. The number of fused-ring (bicyclic) bond motifs is 2. The largest absolute Gasteiger partial charge is 0.490 e. The van der Waals surface area contributed by atoms with E-state index in [1.54, 1.807) is 42.6 Å². The van der Waals surface area contributed by atoms with Crippen molar-refractivity contribution in [1.29, 1.82) is 0 Å². The van der Waals surface area contributed by atoms with Crippen LogP contribution in [-0.2, 0) is 20.7 Å². The average molecular weight is 524 g/mol. The summed E-state index contributed by atoms with van der Waals surface area (Å²) >= 11 is 0. The Morgan fingerprint density at radius 2 is 1.87 bits per heavy atom. The smallest absolute Gasteiger partial charge is 0.443 e. The molecule has 2 amide bonds. The minimum Gasteiger partial charge on any atom is -0.443 e. The molecule has 1 aromatic carbocycles. The number of nitrogens with one attached hydrogen (secondary N) is 2. The maximum Gasteiger partial charge on any atom is 0.490 e. The van der Waals surface area contributed by atoms with E-state index in [9.17, 15) is 27.6 Å². The molecule has 0 saturated carbocycles. The quantitative estimate of drug-likeness (QED) is 0.500. The number of H-pyrrole nitrogens is 1. The van der Waals surface area contributed by atoms with E-state index in [1.807, 2.05) is 12.1 Å². The van der Waals surface area contributed by atoms with Crippen molar-refractivity contribution in [2.24, 2.45) is 0 Å². The summed E-state index contributed by atoms with van der Waals surface area (Å²) in [4.78, 5) is 46.2. The predicted octanol–water partition coefficient (Wildman–Crippen LogP) is 4.13. The van der Waals surface area contributed by atoms with Gasteiger partial charge in [-0.15, -0.1) is 0 Å². The Bertz CT molecular complexity index is 1490. The summed E-state index contributed by atoms with van der Waals surface area (Å²) < 4.78 is 43.1. The summed E-state index contributed by atoms with van der Waals surface area (Å²) in [5.74, 6) is -3.39. The lowest BCUT2D eigenvalue weighted by Crippen LogP contribution is -2.51. The lowest BCUT2D eigenvalue weighted by molar-refractivity contribution is -0.211. The number of aromatic nitrogens is 2. The van der Waals surface area contributed by atoms with Crippen molar-refractivity contribution in [3.05, 3.63) is 71.2 Å². The third-order valence-corrected chi connectivity index (χ3v) is 6.43. The van der Waals surface area contributed by atoms with E-state index in [0.29, 0.717) is 41.0 Å². The van der Waals surface area contributed by atoms with Gasteiger partial charge in [-0.2, -0.15) is 13.2 Å². The molecule has 2 N–H and O–H groups in total. The topological polar surface area (TPSA) is 104 Å². The highest BCUT2D eigenvalue weighted by Crippen LogP contribution is 2.35. The molecule has 2 aliphatic heterocycles. The number of ether oxygens (including phenoxy) is 1. The highest BCUT2D eigenvalue weighted by atomic mass is 19.4. The van der Waals surface area contributed by atoms with Gasteiger partial charge in [0.2, 0.25) is 0 Å². The number of hydrogen-bond acceptors (Lipinski definition) is 5. The summed E-state index contributed by atoms with van der Waals surface area (Å²) in [6, 6.07) is 12.3. The number of pyridine rings is 1. The molecule has 0 saturated heterocycles. The number of benzene rings is 1. The van der Waals surface area contributed by atoms with Crippen molar-refractivity contribution in [2.75, 3.05) is 18.0 Å². The van der Waals surface area contributed by atoms with E-state index in [0.717, 1.165) is 30.8 Å². The average Bonchev–Trinajstić information content (AvgIpc) is 3.33. The first kappa shape index (κ1) is 25.2. The number of nitrogens with zero attached hydrogens (tertiary/aromatic N) is 2. The molecule has 0 bridgehead atoms. The maximum absolute atomic E-state index is 13.4. The van der Waals surface area contributed by atoms with Crippen LogP contribution in [0.15, 0.2) is 48.7 Å². The van der Waals surface area contributed by atoms with Crippen molar-refractivity contribution >= 4 is 35.1 Å². The number of amides is 2. The first-order valence-electron chi connectivity index (χ1n) is 11.8. The van der Waals surface area contributed by atoms with Crippen LogP contribution in [0, 0.1) is 0 Å². The fourth-order valence-electron chi connectivity index (χ4n) is 4.56. The standard InChI is InChI=1S/C27H23F3N4O4/c1-26(2,38-25(37)27(28,29)30)24(36)34-14-17(11-16-5-3-4-6-22(16)34)20-12-15(7-9-31-20)21-13-18-19(33-21)8-10-32-23(18)35/h3-7,9,11-13,33H,8,10,14H2,1-2H3,(H,32,35). The van der Waals surface area contributed by atoms with Gasteiger partial charge in [0, 0.05) is 36.1 Å². The van der Waals surface area contributed by atoms with E-state index < -0.39 is 23.7 Å². The number of rotatable bonds is 4. The number of anilines is 1. The van der Waals surface area contributed by atoms with Crippen LogP contribution in [0.5, 0.6) is 0 Å². The molecule has 0 fully saturated rings. The Morgan fingerprint density at radius 3 is 2.61 bits per heavy atom. The molecular formula is C27H23F3N4O4. The lowest BCUT2D eigenvalue weighted by atomic mass is 9.96. The van der Waals surface area contributed by atoms with Crippen molar-refractivity contribution in [3.8, 4) is 11.3 Å². The number of carbonyl (C=O) groups excluding carboxylic acids is 3. The minimum atomic E-state index is -5.23. The Labute approximate surface area is 215 Å². The van der Waals surface area contributed by atoms with Crippen LogP contribution < -0.4 is 10.2 Å². The Balaban J connectivity index is 1.48. The van der Waals surface area contributed by atoms with Crippen LogP contribution in [0.2, 0.25) is 0 Å². The molecule has 0 atom stereocenters. The van der Waals surface area contributed by atoms with Crippen LogP contribution in [0.25, 0.3) is 22.9 Å². The van der Waals surface area contributed by atoms with E-state index in [1.165, 1.54) is 4.90 Å². The fraction of sp³-hybridized carbons (Fsp3) is 0.259. The molecule has 4 heterocycles. The molecule has 5 rings (SSSR count). The van der Waals surface area contributed by atoms with Gasteiger partial charge in [-0.25, -0.2) is 4.79 Å². The molecule has 3 aromatic rings. The van der Waals surface area contributed by atoms with Crippen molar-refractivity contribution < 1.29 is 32.3 Å². The highest BCUT2D eigenvalue weighted by Gasteiger charge is 2.47. The third-order valence-electron chi connectivity index (χ3n) is 6.43. The van der Waals surface area contributed by atoms with Crippen LogP contribution >= 0.6 is 0 Å². The lowest BCUT2D eigenvalue weighted by Gasteiger charge is -2.35. The summed E-state index contributed by atoms with van der Waals surface area (Å²) in [5, 5.41) is 2.81. The molecule has 0 radical (unpaired) electrons. The molecule has 11 heteroatoms. The molecule has 38 heavy (non-hydrogen) atoms. The number of para-hydroxylation sites is 1. The Kier molecular flexibility index (Phi) is 6.09.